The third kappa shape index (κ3) is 3.36. The molecule has 88 valence electrons. The van der Waals surface area contributed by atoms with E-state index in [0.29, 0.717) is 12.0 Å². The maximum absolute atomic E-state index is 9.59. The van der Waals surface area contributed by atoms with Gasteiger partial charge in [0.25, 0.3) is 0 Å². The molecule has 2 aliphatic rings. The minimum absolute atomic E-state index is 0.0269. The van der Waals surface area contributed by atoms with Crippen LogP contribution in [0.25, 0.3) is 0 Å². The van der Waals surface area contributed by atoms with Crippen LogP contribution in [0.4, 0.5) is 0 Å². The number of nitrogens with one attached hydrogen (secondary N) is 1. The Bertz CT molecular complexity index is 200. The summed E-state index contributed by atoms with van der Waals surface area (Å²) in [5, 5.41) is 14.1. The molecule has 0 radical (unpaired) electrons. The molecule has 0 spiro atoms. The van der Waals surface area contributed by atoms with Crippen molar-refractivity contribution in [1.29, 1.82) is 0 Å². The van der Waals surface area contributed by atoms with Crippen molar-refractivity contribution >= 4 is 11.8 Å². The van der Waals surface area contributed by atoms with Crippen molar-refractivity contribution in [3.8, 4) is 0 Å². The number of hydrogen-bond acceptors (Lipinski definition) is 3. The highest BCUT2D eigenvalue weighted by molar-refractivity contribution is 8.00. The minimum Gasteiger partial charge on any atom is -0.393 e. The second-order valence-electron chi connectivity index (χ2n) is 5.07. The van der Waals surface area contributed by atoms with Gasteiger partial charge in [-0.05, 0) is 43.9 Å². The standard InChI is InChI=1S/C12H23NOS/c1-9-12(5-6-15-9)13-8-10-3-2-4-11(14)7-10/h9-14H,2-8H2,1H3. The average Bonchev–Trinajstić information content (AvgIpc) is 2.61. The first-order valence-electron chi connectivity index (χ1n) is 6.28. The molecule has 0 aromatic carbocycles. The van der Waals surface area contributed by atoms with E-state index in [9.17, 15) is 5.11 Å². The van der Waals surface area contributed by atoms with Crippen LogP contribution in [0.3, 0.4) is 0 Å². The van der Waals surface area contributed by atoms with Crippen LogP contribution in [-0.2, 0) is 0 Å². The Balaban J connectivity index is 1.68. The summed E-state index contributed by atoms with van der Waals surface area (Å²) in [5.74, 6) is 2.03. The van der Waals surface area contributed by atoms with Gasteiger partial charge in [-0.2, -0.15) is 11.8 Å². The Morgan fingerprint density at radius 1 is 1.33 bits per heavy atom. The lowest BCUT2D eigenvalue weighted by Gasteiger charge is -2.28. The van der Waals surface area contributed by atoms with Crippen LogP contribution in [-0.4, -0.2) is 34.8 Å². The first-order chi connectivity index (χ1) is 7.25. The van der Waals surface area contributed by atoms with Gasteiger partial charge in [0, 0.05) is 11.3 Å². The molecule has 3 heteroatoms. The summed E-state index contributed by atoms with van der Waals surface area (Å²) < 4.78 is 0. The van der Waals surface area contributed by atoms with Crippen molar-refractivity contribution in [2.24, 2.45) is 5.92 Å². The zero-order valence-corrected chi connectivity index (χ0v) is 10.4. The minimum atomic E-state index is -0.0269. The van der Waals surface area contributed by atoms with Gasteiger partial charge in [-0.1, -0.05) is 13.3 Å². The second-order valence-corrected chi connectivity index (χ2v) is 6.55. The van der Waals surface area contributed by atoms with Crippen molar-refractivity contribution in [2.75, 3.05) is 12.3 Å². The van der Waals surface area contributed by atoms with Gasteiger partial charge in [-0.25, -0.2) is 0 Å². The van der Waals surface area contributed by atoms with Crippen molar-refractivity contribution in [1.82, 2.24) is 5.32 Å². The van der Waals surface area contributed by atoms with Crippen LogP contribution in [0.15, 0.2) is 0 Å². The van der Waals surface area contributed by atoms with E-state index in [1.165, 1.54) is 25.0 Å². The highest BCUT2D eigenvalue weighted by Gasteiger charge is 2.25. The Kier molecular flexibility index (Phi) is 4.35. The molecule has 2 fully saturated rings. The molecule has 15 heavy (non-hydrogen) atoms. The van der Waals surface area contributed by atoms with E-state index in [0.717, 1.165) is 24.6 Å². The van der Waals surface area contributed by atoms with Crippen LogP contribution in [0.2, 0.25) is 0 Å². The normalized spacial score (nSPS) is 42.0. The number of aliphatic hydroxyl groups is 1. The molecule has 0 aromatic heterocycles. The zero-order chi connectivity index (χ0) is 10.7. The van der Waals surface area contributed by atoms with Crippen LogP contribution in [0, 0.1) is 5.92 Å². The van der Waals surface area contributed by atoms with Gasteiger partial charge in [-0.3, -0.25) is 0 Å². The number of thioether (sulfide) groups is 1. The van der Waals surface area contributed by atoms with Crippen LogP contribution in [0.1, 0.15) is 39.0 Å². The lowest BCUT2D eigenvalue weighted by molar-refractivity contribution is 0.0996. The van der Waals surface area contributed by atoms with Gasteiger partial charge in [0.05, 0.1) is 6.10 Å². The Labute approximate surface area is 97.2 Å². The molecule has 1 heterocycles. The maximum atomic E-state index is 9.59. The fourth-order valence-electron chi connectivity index (χ4n) is 2.77. The molecule has 0 bridgehead atoms. The van der Waals surface area contributed by atoms with Crippen LogP contribution >= 0.6 is 11.8 Å². The van der Waals surface area contributed by atoms with Crippen molar-refractivity contribution in [3.05, 3.63) is 0 Å². The van der Waals surface area contributed by atoms with Crippen LogP contribution < -0.4 is 5.32 Å². The molecule has 2 nitrogen and oxygen atoms in total. The van der Waals surface area contributed by atoms with E-state index in [4.69, 9.17) is 0 Å². The van der Waals surface area contributed by atoms with Gasteiger partial charge in [0.15, 0.2) is 0 Å². The van der Waals surface area contributed by atoms with E-state index in [2.05, 4.69) is 24.0 Å². The third-order valence-electron chi connectivity index (χ3n) is 3.80. The van der Waals surface area contributed by atoms with Gasteiger partial charge in [0.1, 0.15) is 0 Å². The molecule has 1 aliphatic carbocycles. The first-order valence-corrected chi connectivity index (χ1v) is 7.33. The highest BCUT2D eigenvalue weighted by Crippen LogP contribution is 2.28. The van der Waals surface area contributed by atoms with Crippen molar-refractivity contribution in [2.45, 2.75) is 56.4 Å². The number of aliphatic hydroxyl groups excluding tert-OH is 1. The molecular formula is C12H23NOS. The Morgan fingerprint density at radius 3 is 2.87 bits per heavy atom. The molecule has 1 saturated heterocycles. The molecule has 4 unspecified atom stereocenters. The summed E-state index contributed by atoms with van der Waals surface area (Å²) >= 11 is 2.08. The lowest BCUT2D eigenvalue weighted by Crippen LogP contribution is -2.38. The van der Waals surface area contributed by atoms with E-state index >= 15 is 0 Å². The summed E-state index contributed by atoms with van der Waals surface area (Å²) in [7, 11) is 0. The second kappa shape index (κ2) is 5.55. The van der Waals surface area contributed by atoms with Gasteiger partial charge >= 0.3 is 0 Å². The molecule has 4 atom stereocenters. The molecule has 0 aromatic rings. The number of rotatable bonds is 3. The van der Waals surface area contributed by atoms with Crippen molar-refractivity contribution in [3.63, 3.8) is 0 Å². The first kappa shape index (κ1) is 11.7. The topological polar surface area (TPSA) is 32.3 Å². The van der Waals surface area contributed by atoms with E-state index in [1.807, 2.05) is 0 Å². The van der Waals surface area contributed by atoms with E-state index in [-0.39, 0.29) is 6.10 Å². The van der Waals surface area contributed by atoms with Gasteiger partial charge in [0.2, 0.25) is 0 Å². The SMILES string of the molecule is CC1SCCC1NCC1CCCC(O)C1. The monoisotopic (exact) mass is 229 g/mol. The number of hydrogen-bond donors (Lipinski definition) is 2. The molecule has 2 rings (SSSR count). The molecular weight excluding hydrogens is 206 g/mol. The van der Waals surface area contributed by atoms with Crippen molar-refractivity contribution < 1.29 is 5.11 Å². The molecule has 0 amide bonds. The Hall–Kier alpha value is 0.270. The van der Waals surface area contributed by atoms with E-state index in [1.54, 1.807) is 0 Å². The van der Waals surface area contributed by atoms with Crippen LogP contribution in [0.5, 0.6) is 0 Å². The zero-order valence-electron chi connectivity index (χ0n) is 9.61. The predicted molar refractivity (Wildman–Crippen MR) is 66.3 cm³/mol. The smallest absolute Gasteiger partial charge is 0.0543 e. The molecule has 1 saturated carbocycles. The maximum Gasteiger partial charge on any atom is 0.0543 e. The Morgan fingerprint density at radius 2 is 2.20 bits per heavy atom. The van der Waals surface area contributed by atoms with Gasteiger partial charge in [-0.15, -0.1) is 0 Å². The molecule has 2 N–H and O–H groups in total. The summed E-state index contributed by atoms with van der Waals surface area (Å²) in [6.45, 7) is 3.44. The summed E-state index contributed by atoms with van der Waals surface area (Å²) in [5.41, 5.74) is 0. The third-order valence-corrected chi connectivity index (χ3v) is 5.13. The predicted octanol–water partition coefficient (Wildman–Crippen LogP) is 2.02. The fraction of sp³-hybridized carbons (Fsp3) is 1.00. The summed E-state index contributed by atoms with van der Waals surface area (Å²) in [6, 6.07) is 0.717. The molecule has 1 aliphatic heterocycles. The largest absolute Gasteiger partial charge is 0.393 e. The highest BCUT2D eigenvalue weighted by atomic mass is 32.2. The average molecular weight is 229 g/mol. The van der Waals surface area contributed by atoms with Gasteiger partial charge < -0.3 is 10.4 Å². The quantitative estimate of drug-likeness (QED) is 0.776. The van der Waals surface area contributed by atoms with E-state index < -0.39 is 0 Å². The lowest BCUT2D eigenvalue weighted by atomic mass is 9.87. The summed E-state index contributed by atoms with van der Waals surface area (Å²) in [6.07, 6.45) is 5.84. The fourth-order valence-corrected chi connectivity index (χ4v) is 3.99. The summed E-state index contributed by atoms with van der Waals surface area (Å²) in [4.78, 5) is 0.